The molecule has 3 aromatic rings. The number of imidazole rings is 1. The van der Waals surface area contributed by atoms with Gasteiger partial charge in [-0.1, -0.05) is 12.1 Å². The number of nitrogens with zero attached hydrogens (tertiary/aromatic N) is 4. The maximum absolute atomic E-state index is 4.51. The van der Waals surface area contributed by atoms with E-state index in [4.69, 9.17) is 0 Å². The normalized spacial score (nSPS) is 11.0. The molecule has 4 nitrogen and oxygen atoms in total. The van der Waals surface area contributed by atoms with Crippen molar-refractivity contribution in [1.29, 1.82) is 0 Å². The lowest BCUT2D eigenvalue weighted by Crippen LogP contribution is -2.10. The van der Waals surface area contributed by atoms with Gasteiger partial charge in [0.25, 0.3) is 0 Å². The summed E-state index contributed by atoms with van der Waals surface area (Å²) in [4.78, 5) is 5.78. The Morgan fingerprint density at radius 2 is 1.86 bits per heavy atom. The molecule has 3 rings (SSSR count). The molecule has 2 aromatic heterocycles. The minimum absolute atomic E-state index is 0.853. The second kappa shape index (κ2) is 6.40. The van der Waals surface area contributed by atoms with Crippen molar-refractivity contribution in [3.63, 3.8) is 0 Å². The Bertz CT molecular complexity index is 755. The second-order valence-electron chi connectivity index (χ2n) is 5.32. The molecule has 0 bridgehead atoms. The number of thioether (sulfide) groups is 1. The third-order valence-corrected chi connectivity index (χ3v) is 4.46. The lowest BCUT2D eigenvalue weighted by Gasteiger charge is -2.09. The summed E-state index contributed by atoms with van der Waals surface area (Å²) in [5.41, 5.74) is 3.41. The second-order valence-corrected chi connectivity index (χ2v) is 6.20. The largest absolute Gasteiger partial charge is 0.329 e. The molecule has 2 heterocycles. The summed E-state index contributed by atoms with van der Waals surface area (Å²) in [6, 6.07) is 10.7. The molecule has 0 unspecified atom stereocenters. The Hall–Kier alpha value is -2.01. The van der Waals surface area contributed by atoms with Gasteiger partial charge in [-0.05, 0) is 38.3 Å². The molecule has 0 saturated heterocycles. The van der Waals surface area contributed by atoms with Crippen molar-refractivity contribution in [3.8, 4) is 11.4 Å². The molecule has 0 aliphatic heterocycles. The summed E-state index contributed by atoms with van der Waals surface area (Å²) >= 11 is 1.75. The van der Waals surface area contributed by atoms with Gasteiger partial charge in [0, 0.05) is 35.1 Å². The molecule has 114 valence electrons. The molecule has 0 amide bonds. The van der Waals surface area contributed by atoms with Gasteiger partial charge in [-0.15, -0.1) is 11.8 Å². The molecule has 5 heteroatoms. The van der Waals surface area contributed by atoms with Gasteiger partial charge in [0.2, 0.25) is 0 Å². The predicted molar refractivity (Wildman–Crippen MR) is 91.1 cm³/mol. The van der Waals surface area contributed by atoms with Gasteiger partial charge in [0.15, 0.2) is 0 Å². The summed E-state index contributed by atoms with van der Waals surface area (Å²) in [6.45, 7) is 5.84. The van der Waals surface area contributed by atoms with Crippen molar-refractivity contribution in [3.05, 3.63) is 54.1 Å². The fraction of sp³-hybridized carbons (Fsp3) is 0.294. The monoisotopic (exact) mass is 312 g/mol. The molecule has 22 heavy (non-hydrogen) atoms. The van der Waals surface area contributed by atoms with Crippen LogP contribution >= 0.6 is 11.8 Å². The zero-order valence-electron chi connectivity index (χ0n) is 13.2. The van der Waals surface area contributed by atoms with E-state index >= 15 is 0 Å². The molecule has 0 radical (unpaired) electrons. The summed E-state index contributed by atoms with van der Waals surface area (Å²) in [7, 11) is 0. The number of hydrogen-bond donors (Lipinski definition) is 0. The predicted octanol–water partition coefficient (Wildman–Crippen LogP) is 3.79. The highest BCUT2D eigenvalue weighted by atomic mass is 32.2. The van der Waals surface area contributed by atoms with E-state index in [0.717, 1.165) is 30.2 Å². The zero-order valence-corrected chi connectivity index (χ0v) is 14.0. The van der Waals surface area contributed by atoms with E-state index in [1.807, 2.05) is 19.3 Å². The first-order chi connectivity index (χ1) is 10.7. The molecular formula is C17H20N4S. The summed E-state index contributed by atoms with van der Waals surface area (Å²) in [5.74, 6) is 1.01. The van der Waals surface area contributed by atoms with Crippen LogP contribution in [0.4, 0.5) is 0 Å². The molecule has 0 spiro atoms. The van der Waals surface area contributed by atoms with E-state index in [1.165, 1.54) is 10.6 Å². The van der Waals surface area contributed by atoms with Crippen molar-refractivity contribution < 1.29 is 0 Å². The SMILES string of the molecule is CSc1ccc(-c2nccn2CCn2nc(C)cc2C)cc1. The van der Waals surface area contributed by atoms with Crippen molar-refractivity contribution in [2.75, 3.05) is 6.26 Å². The Kier molecular flexibility index (Phi) is 4.34. The van der Waals surface area contributed by atoms with Gasteiger partial charge >= 0.3 is 0 Å². The molecule has 0 aliphatic carbocycles. The number of aryl methyl sites for hydroxylation is 4. The first kappa shape index (κ1) is 14.9. The third kappa shape index (κ3) is 3.09. The number of hydrogen-bond acceptors (Lipinski definition) is 3. The summed E-state index contributed by atoms with van der Waals surface area (Å²) in [6.07, 6.45) is 5.98. The molecule has 0 atom stereocenters. The highest BCUT2D eigenvalue weighted by Crippen LogP contribution is 2.22. The van der Waals surface area contributed by atoms with Crippen molar-refractivity contribution in [1.82, 2.24) is 19.3 Å². The molecule has 0 N–H and O–H groups in total. The standard InChI is InChI=1S/C17H20N4S/c1-13-12-14(2)21(19-13)11-10-20-9-8-18-17(20)15-4-6-16(22-3)7-5-15/h4-9,12H,10-11H2,1-3H3. The first-order valence-electron chi connectivity index (χ1n) is 7.34. The Morgan fingerprint density at radius 1 is 1.09 bits per heavy atom. The number of benzene rings is 1. The van der Waals surface area contributed by atoms with Crippen molar-refractivity contribution in [2.24, 2.45) is 0 Å². The minimum Gasteiger partial charge on any atom is -0.329 e. The van der Waals surface area contributed by atoms with Crippen molar-refractivity contribution >= 4 is 11.8 Å². The number of rotatable bonds is 5. The highest BCUT2D eigenvalue weighted by molar-refractivity contribution is 7.98. The Labute approximate surface area is 135 Å². The van der Waals surface area contributed by atoms with Gasteiger partial charge in [0.1, 0.15) is 5.82 Å². The van der Waals surface area contributed by atoms with Gasteiger partial charge in [-0.3, -0.25) is 4.68 Å². The van der Waals surface area contributed by atoms with Crippen LogP contribution in [0.2, 0.25) is 0 Å². The molecule has 0 aliphatic rings. The Morgan fingerprint density at radius 3 is 2.50 bits per heavy atom. The highest BCUT2D eigenvalue weighted by Gasteiger charge is 2.07. The van der Waals surface area contributed by atoms with Crippen LogP contribution in [0, 0.1) is 13.8 Å². The van der Waals surface area contributed by atoms with Crippen LogP contribution in [-0.2, 0) is 13.1 Å². The van der Waals surface area contributed by atoms with E-state index in [0.29, 0.717) is 0 Å². The minimum atomic E-state index is 0.853. The average molecular weight is 312 g/mol. The first-order valence-corrected chi connectivity index (χ1v) is 8.56. The smallest absolute Gasteiger partial charge is 0.139 e. The lowest BCUT2D eigenvalue weighted by atomic mass is 10.2. The fourth-order valence-corrected chi connectivity index (χ4v) is 3.00. The lowest BCUT2D eigenvalue weighted by molar-refractivity contribution is 0.523. The maximum Gasteiger partial charge on any atom is 0.139 e. The van der Waals surface area contributed by atoms with Crippen LogP contribution in [0.3, 0.4) is 0 Å². The summed E-state index contributed by atoms with van der Waals surface area (Å²) in [5, 5.41) is 4.51. The Balaban J connectivity index is 1.78. The van der Waals surface area contributed by atoms with Crippen LogP contribution in [0.5, 0.6) is 0 Å². The van der Waals surface area contributed by atoms with E-state index < -0.39 is 0 Å². The van der Waals surface area contributed by atoms with Gasteiger partial charge in [0.05, 0.1) is 12.2 Å². The summed E-state index contributed by atoms with van der Waals surface area (Å²) < 4.78 is 4.24. The molecule has 1 aromatic carbocycles. The van der Waals surface area contributed by atoms with E-state index in [2.05, 4.69) is 62.8 Å². The number of aromatic nitrogens is 4. The van der Waals surface area contributed by atoms with Crippen LogP contribution in [0.1, 0.15) is 11.4 Å². The third-order valence-electron chi connectivity index (χ3n) is 3.72. The van der Waals surface area contributed by atoms with Crippen LogP contribution in [0.15, 0.2) is 47.6 Å². The fourth-order valence-electron chi connectivity index (χ4n) is 2.59. The quantitative estimate of drug-likeness (QED) is 0.673. The van der Waals surface area contributed by atoms with E-state index in [9.17, 15) is 0 Å². The van der Waals surface area contributed by atoms with Crippen molar-refractivity contribution in [2.45, 2.75) is 31.8 Å². The zero-order chi connectivity index (χ0) is 15.5. The molecule has 0 saturated carbocycles. The topological polar surface area (TPSA) is 35.6 Å². The van der Waals surface area contributed by atoms with Crippen LogP contribution < -0.4 is 0 Å². The van der Waals surface area contributed by atoms with E-state index in [-0.39, 0.29) is 0 Å². The van der Waals surface area contributed by atoms with Gasteiger partial charge in [-0.2, -0.15) is 5.10 Å². The van der Waals surface area contributed by atoms with Crippen LogP contribution in [-0.4, -0.2) is 25.6 Å². The van der Waals surface area contributed by atoms with Crippen LogP contribution in [0.25, 0.3) is 11.4 Å². The molecule has 0 fully saturated rings. The average Bonchev–Trinajstić information content (AvgIpc) is 3.11. The van der Waals surface area contributed by atoms with Gasteiger partial charge < -0.3 is 4.57 Å². The van der Waals surface area contributed by atoms with Gasteiger partial charge in [-0.25, -0.2) is 4.98 Å². The van der Waals surface area contributed by atoms with E-state index in [1.54, 1.807) is 11.8 Å². The molecular weight excluding hydrogens is 292 g/mol. The maximum atomic E-state index is 4.51.